The van der Waals surface area contributed by atoms with E-state index < -0.39 is 12.6 Å². The molecule has 0 spiro atoms. The van der Waals surface area contributed by atoms with Gasteiger partial charge in [-0.25, -0.2) is 4.79 Å². The van der Waals surface area contributed by atoms with E-state index >= 15 is 0 Å². The smallest absolute Gasteiger partial charge is 0.341 e. The molecule has 1 heterocycles. The molecule has 28 heavy (non-hydrogen) atoms. The number of rotatable bonds is 9. The Hall–Kier alpha value is -3.22. The van der Waals surface area contributed by atoms with E-state index in [4.69, 9.17) is 19.3 Å². The van der Waals surface area contributed by atoms with Crippen LogP contribution in [-0.4, -0.2) is 43.3 Å². The number of carboxylic acids is 1. The SMILES string of the molecule is CCOc1cc(C(=O)NCCc2ccc3c(c2)CCO3)ccc1OCC(=O)O. The first-order valence-corrected chi connectivity index (χ1v) is 9.21. The second-order valence-electron chi connectivity index (χ2n) is 6.32. The molecule has 0 radical (unpaired) electrons. The highest BCUT2D eigenvalue weighted by Crippen LogP contribution is 2.29. The lowest BCUT2D eigenvalue weighted by Crippen LogP contribution is -2.25. The molecule has 2 aromatic rings. The number of aliphatic carboxylic acids is 1. The van der Waals surface area contributed by atoms with Crippen LogP contribution in [0, 0.1) is 0 Å². The molecule has 2 aromatic carbocycles. The van der Waals surface area contributed by atoms with Crippen LogP contribution in [0.25, 0.3) is 0 Å². The van der Waals surface area contributed by atoms with Crippen LogP contribution in [-0.2, 0) is 17.6 Å². The summed E-state index contributed by atoms with van der Waals surface area (Å²) in [5, 5.41) is 11.6. The molecule has 0 saturated carbocycles. The summed E-state index contributed by atoms with van der Waals surface area (Å²) >= 11 is 0. The van der Waals surface area contributed by atoms with Gasteiger partial charge in [-0.3, -0.25) is 4.79 Å². The van der Waals surface area contributed by atoms with Gasteiger partial charge in [0.15, 0.2) is 18.1 Å². The molecule has 0 atom stereocenters. The van der Waals surface area contributed by atoms with E-state index in [9.17, 15) is 9.59 Å². The standard InChI is InChI=1S/C21H23NO6/c1-2-26-19-12-16(4-6-18(19)28-13-20(23)24)21(25)22-9-7-14-3-5-17-15(11-14)8-10-27-17/h3-6,11-12H,2,7-10,13H2,1H3,(H,22,25)(H,23,24). The predicted molar refractivity (Wildman–Crippen MR) is 102 cm³/mol. The molecule has 1 aliphatic rings. The molecule has 148 valence electrons. The summed E-state index contributed by atoms with van der Waals surface area (Å²) in [5.41, 5.74) is 2.78. The lowest BCUT2D eigenvalue weighted by molar-refractivity contribution is -0.139. The second kappa shape index (κ2) is 9.12. The fraction of sp³-hybridized carbons (Fsp3) is 0.333. The van der Waals surface area contributed by atoms with Crippen molar-refractivity contribution in [2.45, 2.75) is 19.8 Å². The summed E-state index contributed by atoms with van der Waals surface area (Å²) < 4.78 is 16.2. The van der Waals surface area contributed by atoms with Crippen LogP contribution in [0.4, 0.5) is 0 Å². The van der Waals surface area contributed by atoms with E-state index in [1.807, 2.05) is 12.1 Å². The van der Waals surface area contributed by atoms with Gasteiger partial charge < -0.3 is 24.6 Å². The number of amides is 1. The van der Waals surface area contributed by atoms with Gasteiger partial charge in [-0.2, -0.15) is 0 Å². The van der Waals surface area contributed by atoms with Crippen molar-refractivity contribution in [3.8, 4) is 17.2 Å². The molecule has 0 bridgehead atoms. The van der Waals surface area contributed by atoms with E-state index in [-0.39, 0.29) is 5.91 Å². The van der Waals surface area contributed by atoms with Crippen molar-refractivity contribution < 1.29 is 28.9 Å². The van der Waals surface area contributed by atoms with Crippen LogP contribution in [0.5, 0.6) is 17.2 Å². The van der Waals surface area contributed by atoms with Crippen molar-refractivity contribution in [2.24, 2.45) is 0 Å². The maximum atomic E-state index is 12.4. The van der Waals surface area contributed by atoms with Crippen molar-refractivity contribution in [2.75, 3.05) is 26.4 Å². The van der Waals surface area contributed by atoms with Gasteiger partial charge in [-0.05, 0) is 48.7 Å². The van der Waals surface area contributed by atoms with Crippen molar-refractivity contribution in [3.05, 3.63) is 53.1 Å². The third-order valence-electron chi connectivity index (χ3n) is 4.31. The average Bonchev–Trinajstić information content (AvgIpc) is 3.15. The van der Waals surface area contributed by atoms with Gasteiger partial charge in [0.1, 0.15) is 5.75 Å². The number of carbonyl (C=O) groups is 2. The summed E-state index contributed by atoms with van der Waals surface area (Å²) in [6, 6.07) is 10.8. The summed E-state index contributed by atoms with van der Waals surface area (Å²) in [6.07, 6.45) is 1.64. The molecule has 0 unspecified atom stereocenters. The fourth-order valence-electron chi connectivity index (χ4n) is 2.99. The highest BCUT2D eigenvalue weighted by molar-refractivity contribution is 5.94. The average molecular weight is 385 g/mol. The van der Waals surface area contributed by atoms with Crippen LogP contribution in [0.2, 0.25) is 0 Å². The maximum absolute atomic E-state index is 12.4. The van der Waals surface area contributed by atoms with Crippen LogP contribution in [0.3, 0.4) is 0 Å². The maximum Gasteiger partial charge on any atom is 0.341 e. The minimum Gasteiger partial charge on any atom is -0.493 e. The van der Waals surface area contributed by atoms with E-state index in [1.54, 1.807) is 25.1 Å². The molecular weight excluding hydrogens is 362 g/mol. The quantitative estimate of drug-likeness (QED) is 0.689. The Labute approximate surface area is 163 Å². The second-order valence-corrected chi connectivity index (χ2v) is 6.32. The normalized spacial score (nSPS) is 12.0. The molecule has 0 saturated heterocycles. The molecule has 0 aromatic heterocycles. The Morgan fingerprint density at radius 3 is 2.79 bits per heavy atom. The number of benzene rings is 2. The van der Waals surface area contributed by atoms with Crippen molar-refractivity contribution >= 4 is 11.9 Å². The minimum absolute atomic E-state index is 0.227. The number of hydrogen-bond donors (Lipinski definition) is 2. The summed E-state index contributed by atoms with van der Waals surface area (Å²) in [5.74, 6) is 0.273. The van der Waals surface area contributed by atoms with Gasteiger partial charge in [0.2, 0.25) is 0 Å². The third-order valence-corrected chi connectivity index (χ3v) is 4.31. The topological polar surface area (TPSA) is 94.1 Å². The minimum atomic E-state index is -1.08. The summed E-state index contributed by atoms with van der Waals surface area (Å²) in [4.78, 5) is 23.1. The third kappa shape index (κ3) is 4.94. The number of carbonyl (C=O) groups excluding carboxylic acids is 1. The zero-order chi connectivity index (χ0) is 19.9. The lowest BCUT2D eigenvalue weighted by atomic mass is 10.1. The Kier molecular flexibility index (Phi) is 6.37. The van der Waals surface area contributed by atoms with Gasteiger partial charge >= 0.3 is 5.97 Å². The molecule has 7 nitrogen and oxygen atoms in total. The highest BCUT2D eigenvalue weighted by atomic mass is 16.5. The van der Waals surface area contributed by atoms with Crippen LogP contribution in [0.1, 0.15) is 28.4 Å². The summed E-state index contributed by atoms with van der Waals surface area (Å²) in [6.45, 7) is 2.92. The van der Waals surface area contributed by atoms with Crippen molar-refractivity contribution in [1.29, 1.82) is 0 Å². The largest absolute Gasteiger partial charge is 0.493 e. The Balaban J connectivity index is 1.58. The van der Waals surface area contributed by atoms with E-state index in [2.05, 4.69) is 11.4 Å². The number of carboxylic acid groups (broad SMARTS) is 1. The zero-order valence-corrected chi connectivity index (χ0v) is 15.7. The molecule has 2 N–H and O–H groups in total. The van der Waals surface area contributed by atoms with Crippen LogP contribution < -0.4 is 19.5 Å². The molecule has 1 amide bonds. The Bertz CT molecular complexity index is 864. The highest BCUT2D eigenvalue weighted by Gasteiger charge is 2.14. The Morgan fingerprint density at radius 1 is 1.14 bits per heavy atom. The number of hydrogen-bond acceptors (Lipinski definition) is 5. The van der Waals surface area contributed by atoms with Crippen molar-refractivity contribution in [3.63, 3.8) is 0 Å². The van der Waals surface area contributed by atoms with E-state index in [0.717, 1.165) is 30.8 Å². The van der Waals surface area contributed by atoms with Gasteiger partial charge in [0, 0.05) is 18.5 Å². The first-order chi connectivity index (χ1) is 13.6. The van der Waals surface area contributed by atoms with Gasteiger partial charge in [-0.1, -0.05) is 12.1 Å². The first kappa shape index (κ1) is 19.5. The number of ether oxygens (including phenoxy) is 3. The molecular formula is C21H23NO6. The molecule has 7 heteroatoms. The Morgan fingerprint density at radius 2 is 2.00 bits per heavy atom. The first-order valence-electron chi connectivity index (χ1n) is 9.21. The van der Waals surface area contributed by atoms with Gasteiger partial charge in [0.05, 0.1) is 13.2 Å². The van der Waals surface area contributed by atoms with E-state index in [0.29, 0.717) is 30.2 Å². The van der Waals surface area contributed by atoms with Crippen LogP contribution in [0.15, 0.2) is 36.4 Å². The molecule has 0 fully saturated rings. The fourth-order valence-corrected chi connectivity index (χ4v) is 2.99. The predicted octanol–water partition coefficient (Wildman–Crippen LogP) is 2.46. The molecule has 1 aliphatic heterocycles. The number of nitrogens with one attached hydrogen (secondary N) is 1. The summed E-state index contributed by atoms with van der Waals surface area (Å²) in [7, 11) is 0. The van der Waals surface area contributed by atoms with E-state index in [1.165, 1.54) is 5.56 Å². The van der Waals surface area contributed by atoms with Crippen LogP contribution >= 0.6 is 0 Å². The lowest BCUT2D eigenvalue weighted by Gasteiger charge is -2.12. The van der Waals surface area contributed by atoms with Crippen molar-refractivity contribution in [1.82, 2.24) is 5.32 Å². The molecule has 3 rings (SSSR count). The zero-order valence-electron chi connectivity index (χ0n) is 15.7. The van der Waals surface area contributed by atoms with Gasteiger partial charge in [0.25, 0.3) is 5.91 Å². The van der Waals surface area contributed by atoms with Gasteiger partial charge in [-0.15, -0.1) is 0 Å². The number of fused-ring (bicyclic) bond motifs is 1. The molecule has 0 aliphatic carbocycles. The monoisotopic (exact) mass is 385 g/mol.